The Morgan fingerprint density at radius 3 is 2.93 bits per heavy atom. The second-order valence-corrected chi connectivity index (χ2v) is 7.54. The van der Waals surface area contributed by atoms with E-state index in [9.17, 15) is 14.7 Å². The average Bonchev–Trinajstić information content (AvgIpc) is 2.72. The van der Waals surface area contributed by atoms with Crippen LogP contribution in [-0.4, -0.2) is 44.5 Å². The number of nitrogens with one attached hydrogen (secondary N) is 1. The van der Waals surface area contributed by atoms with E-state index in [1.54, 1.807) is 23.1 Å². The SMILES string of the molecule is O=C(c1ccccc1NCc1cc(=O)n2cc(Cl)ccc2n1)N1CCCC(O)C1. The van der Waals surface area contributed by atoms with Gasteiger partial charge in [0.1, 0.15) is 5.65 Å². The standard InChI is InChI=1S/C21H21ClN4O3/c22-14-7-8-19-24-15(10-20(28)26(19)12-14)11-23-18-6-2-1-5-17(18)21(29)25-9-3-4-16(27)13-25/h1-2,5-8,10,12,16,23,27H,3-4,9,11,13H2. The van der Waals surface area contributed by atoms with E-state index in [1.165, 1.54) is 16.7 Å². The van der Waals surface area contributed by atoms with Crippen LogP contribution in [-0.2, 0) is 6.54 Å². The topological polar surface area (TPSA) is 86.9 Å². The minimum absolute atomic E-state index is 0.118. The van der Waals surface area contributed by atoms with Gasteiger partial charge >= 0.3 is 0 Å². The lowest BCUT2D eigenvalue weighted by atomic mass is 10.1. The van der Waals surface area contributed by atoms with E-state index in [2.05, 4.69) is 10.3 Å². The van der Waals surface area contributed by atoms with Crippen molar-refractivity contribution >= 4 is 28.8 Å². The van der Waals surface area contributed by atoms with E-state index < -0.39 is 6.10 Å². The van der Waals surface area contributed by atoms with Gasteiger partial charge in [-0.15, -0.1) is 0 Å². The molecule has 1 aliphatic rings. The molecule has 0 aliphatic carbocycles. The molecule has 29 heavy (non-hydrogen) atoms. The fourth-order valence-corrected chi connectivity index (χ4v) is 3.70. The van der Waals surface area contributed by atoms with Gasteiger partial charge in [-0.25, -0.2) is 4.98 Å². The van der Waals surface area contributed by atoms with E-state index >= 15 is 0 Å². The van der Waals surface area contributed by atoms with Crippen molar-refractivity contribution < 1.29 is 9.90 Å². The van der Waals surface area contributed by atoms with E-state index in [4.69, 9.17) is 11.6 Å². The number of likely N-dealkylation sites (tertiary alicyclic amines) is 1. The molecule has 1 aromatic carbocycles. The summed E-state index contributed by atoms with van der Waals surface area (Å²) in [7, 11) is 0. The Hall–Kier alpha value is -2.90. The Morgan fingerprint density at radius 2 is 2.10 bits per heavy atom. The van der Waals surface area contributed by atoms with Gasteiger partial charge in [-0.3, -0.25) is 14.0 Å². The van der Waals surface area contributed by atoms with Crippen molar-refractivity contribution in [2.45, 2.75) is 25.5 Å². The van der Waals surface area contributed by atoms with E-state index in [0.717, 1.165) is 12.8 Å². The van der Waals surface area contributed by atoms with Crippen molar-refractivity contribution in [3.05, 3.63) is 75.3 Å². The molecule has 150 valence electrons. The molecule has 4 rings (SSSR count). The fraction of sp³-hybridized carbons (Fsp3) is 0.286. The highest BCUT2D eigenvalue weighted by Crippen LogP contribution is 2.21. The number of rotatable bonds is 4. The first-order chi connectivity index (χ1) is 14.0. The van der Waals surface area contributed by atoms with Crippen molar-refractivity contribution in [3.63, 3.8) is 0 Å². The van der Waals surface area contributed by atoms with Crippen LogP contribution in [0.2, 0.25) is 5.02 Å². The molecule has 8 heteroatoms. The Morgan fingerprint density at radius 1 is 1.28 bits per heavy atom. The van der Waals surface area contributed by atoms with Gasteiger partial charge in [0.25, 0.3) is 11.5 Å². The van der Waals surface area contributed by atoms with Gasteiger partial charge in [-0.2, -0.15) is 0 Å². The summed E-state index contributed by atoms with van der Waals surface area (Å²) in [5.41, 5.74) is 2.04. The summed E-state index contributed by atoms with van der Waals surface area (Å²) < 4.78 is 1.39. The third-order valence-electron chi connectivity index (χ3n) is 4.98. The number of amides is 1. The largest absolute Gasteiger partial charge is 0.391 e. The van der Waals surface area contributed by atoms with Crippen LogP contribution in [0.4, 0.5) is 5.69 Å². The number of carbonyl (C=O) groups excluding carboxylic acids is 1. The fourth-order valence-electron chi connectivity index (χ4n) is 3.54. The Bertz CT molecular complexity index is 1110. The molecule has 2 N–H and O–H groups in total. The highest BCUT2D eigenvalue weighted by molar-refractivity contribution is 6.30. The van der Waals surface area contributed by atoms with Crippen LogP contribution in [0.3, 0.4) is 0 Å². The lowest BCUT2D eigenvalue weighted by Gasteiger charge is -2.30. The van der Waals surface area contributed by atoms with Crippen LogP contribution < -0.4 is 10.9 Å². The Balaban J connectivity index is 1.55. The van der Waals surface area contributed by atoms with Gasteiger partial charge in [0.15, 0.2) is 0 Å². The van der Waals surface area contributed by atoms with Crippen LogP contribution >= 0.6 is 11.6 Å². The first-order valence-electron chi connectivity index (χ1n) is 9.49. The number of β-amino-alcohol motifs (C(OH)–C–C–N with tert-alkyl or cyclic N) is 1. The zero-order valence-electron chi connectivity index (χ0n) is 15.7. The molecule has 1 amide bonds. The van der Waals surface area contributed by atoms with Crippen molar-refractivity contribution in [3.8, 4) is 0 Å². The number of anilines is 1. The lowest BCUT2D eigenvalue weighted by Crippen LogP contribution is -2.42. The molecule has 0 saturated carbocycles. The van der Waals surface area contributed by atoms with Crippen LogP contribution in [0.25, 0.3) is 5.65 Å². The number of benzene rings is 1. The van der Waals surface area contributed by atoms with Crippen molar-refractivity contribution in [1.82, 2.24) is 14.3 Å². The quantitative estimate of drug-likeness (QED) is 0.687. The number of carbonyl (C=O) groups is 1. The normalized spacial score (nSPS) is 16.8. The maximum atomic E-state index is 12.9. The molecule has 7 nitrogen and oxygen atoms in total. The number of piperidine rings is 1. The molecule has 1 saturated heterocycles. The second-order valence-electron chi connectivity index (χ2n) is 7.11. The summed E-state index contributed by atoms with van der Waals surface area (Å²) in [5, 5.41) is 13.5. The number of para-hydroxylation sites is 1. The summed E-state index contributed by atoms with van der Waals surface area (Å²) in [5.74, 6) is -0.118. The number of halogens is 1. The summed E-state index contributed by atoms with van der Waals surface area (Å²) in [6, 6.07) is 12.0. The minimum Gasteiger partial charge on any atom is -0.391 e. The third-order valence-corrected chi connectivity index (χ3v) is 5.20. The summed E-state index contributed by atoms with van der Waals surface area (Å²) >= 11 is 5.94. The van der Waals surface area contributed by atoms with Crippen LogP contribution in [0.1, 0.15) is 28.9 Å². The highest BCUT2D eigenvalue weighted by Gasteiger charge is 2.24. The molecule has 0 spiro atoms. The number of pyridine rings is 1. The number of fused-ring (bicyclic) bond motifs is 1. The van der Waals surface area contributed by atoms with Gasteiger partial charge in [-0.05, 0) is 37.1 Å². The molecule has 0 radical (unpaired) electrons. The van der Waals surface area contributed by atoms with Gasteiger partial charge in [-0.1, -0.05) is 23.7 Å². The first kappa shape index (κ1) is 19.4. The van der Waals surface area contributed by atoms with E-state index in [-0.39, 0.29) is 11.5 Å². The third kappa shape index (κ3) is 4.26. The summed E-state index contributed by atoms with van der Waals surface area (Å²) in [4.78, 5) is 31.4. The van der Waals surface area contributed by atoms with Gasteiger partial charge in [0, 0.05) is 31.0 Å². The number of nitrogens with zero attached hydrogens (tertiary/aromatic N) is 3. The minimum atomic E-state index is -0.476. The molecule has 3 aromatic rings. The number of aliphatic hydroxyl groups excluding tert-OH is 1. The maximum absolute atomic E-state index is 12.9. The second kappa shape index (κ2) is 8.23. The van der Waals surface area contributed by atoms with Crippen LogP contribution in [0.5, 0.6) is 0 Å². The molecule has 1 atom stereocenters. The number of aliphatic hydroxyl groups is 1. The number of hydrogen-bond acceptors (Lipinski definition) is 5. The highest BCUT2D eigenvalue weighted by atomic mass is 35.5. The number of hydrogen-bond donors (Lipinski definition) is 2. The Kier molecular flexibility index (Phi) is 5.51. The predicted molar refractivity (Wildman–Crippen MR) is 111 cm³/mol. The Labute approximate surface area is 172 Å². The van der Waals surface area contributed by atoms with Gasteiger partial charge in [0.05, 0.1) is 28.9 Å². The monoisotopic (exact) mass is 412 g/mol. The molecule has 1 unspecified atom stereocenters. The van der Waals surface area contributed by atoms with Crippen molar-refractivity contribution in [1.29, 1.82) is 0 Å². The molecule has 1 aliphatic heterocycles. The van der Waals surface area contributed by atoms with Crippen LogP contribution in [0, 0.1) is 0 Å². The molecular formula is C21H21ClN4O3. The van der Waals surface area contributed by atoms with Crippen molar-refractivity contribution in [2.24, 2.45) is 0 Å². The van der Waals surface area contributed by atoms with Gasteiger partial charge in [0.2, 0.25) is 0 Å². The molecule has 0 bridgehead atoms. The van der Waals surface area contributed by atoms with Crippen molar-refractivity contribution in [2.75, 3.05) is 18.4 Å². The zero-order chi connectivity index (χ0) is 20.4. The number of aromatic nitrogens is 2. The predicted octanol–water partition coefficient (Wildman–Crippen LogP) is 2.56. The lowest BCUT2D eigenvalue weighted by molar-refractivity contribution is 0.0474. The van der Waals surface area contributed by atoms with E-state index in [0.29, 0.717) is 47.2 Å². The summed E-state index contributed by atoms with van der Waals surface area (Å²) in [6.07, 6.45) is 2.57. The van der Waals surface area contributed by atoms with E-state index in [1.807, 2.05) is 18.2 Å². The first-order valence-corrected chi connectivity index (χ1v) is 9.87. The molecule has 2 aromatic heterocycles. The molecule has 1 fully saturated rings. The van der Waals surface area contributed by atoms with Crippen LogP contribution in [0.15, 0.2) is 53.5 Å². The summed E-state index contributed by atoms with van der Waals surface area (Å²) in [6.45, 7) is 1.27. The zero-order valence-corrected chi connectivity index (χ0v) is 16.5. The average molecular weight is 413 g/mol. The maximum Gasteiger partial charge on any atom is 0.258 e. The van der Waals surface area contributed by atoms with Gasteiger partial charge < -0.3 is 15.3 Å². The smallest absolute Gasteiger partial charge is 0.258 e. The molecule has 3 heterocycles. The molecular weight excluding hydrogens is 392 g/mol.